The van der Waals surface area contributed by atoms with E-state index in [4.69, 9.17) is 9.47 Å². The van der Waals surface area contributed by atoms with Gasteiger partial charge in [0.1, 0.15) is 0 Å². The highest BCUT2D eigenvalue weighted by molar-refractivity contribution is 8.00. The fourth-order valence-corrected chi connectivity index (χ4v) is 3.43. The smallest absolute Gasteiger partial charge is 0.233 e. The average molecular weight is 359 g/mol. The number of aryl methyl sites for hydroxylation is 1. The van der Waals surface area contributed by atoms with Gasteiger partial charge < -0.3 is 14.4 Å². The molecule has 2 aromatic carbocycles. The van der Waals surface area contributed by atoms with Gasteiger partial charge in [-0.1, -0.05) is 23.8 Å². The largest absolute Gasteiger partial charge is 0.493 e. The lowest BCUT2D eigenvalue weighted by Crippen LogP contribution is -2.31. The lowest BCUT2D eigenvalue weighted by atomic mass is 10.2. The second-order valence-corrected chi connectivity index (χ2v) is 6.75. The van der Waals surface area contributed by atoms with Crippen molar-refractivity contribution in [3.63, 3.8) is 0 Å². The highest BCUT2D eigenvalue weighted by atomic mass is 32.2. The van der Waals surface area contributed by atoms with Crippen molar-refractivity contribution in [1.29, 1.82) is 0 Å². The number of methoxy groups -OCH3 is 2. The van der Waals surface area contributed by atoms with Crippen LogP contribution in [0.15, 0.2) is 47.4 Å². The van der Waals surface area contributed by atoms with Crippen LogP contribution in [-0.2, 0) is 11.3 Å². The molecule has 0 aromatic heterocycles. The summed E-state index contributed by atoms with van der Waals surface area (Å²) in [6, 6.07) is 14.0. The molecule has 134 valence electrons. The van der Waals surface area contributed by atoms with Gasteiger partial charge in [0.2, 0.25) is 5.91 Å². The zero-order chi connectivity index (χ0) is 18.2. The van der Waals surface area contributed by atoms with Crippen molar-refractivity contribution >= 4 is 17.7 Å². The zero-order valence-corrected chi connectivity index (χ0v) is 16.1. The van der Waals surface area contributed by atoms with Gasteiger partial charge in [-0.2, -0.15) is 0 Å². The van der Waals surface area contributed by atoms with Gasteiger partial charge in [-0.25, -0.2) is 0 Å². The van der Waals surface area contributed by atoms with Crippen molar-refractivity contribution in [2.24, 2.45) is 0 Å². The second-order valence-electron chi connectivity index (χ2n) is 5.70. The van der Waals surface area contributed by atoms with E-state index >= 15 is 0 Å². The minimum absolute atomic E-state index is 0.129. The number of benzene rings is 2. The van der Waals surface area contributed by atoms with Gasteiger partial charge >= 0.3 is 0 Å². The molecule has 0 saturated carbocycles. The molecule has 0 unspecified atom stereocenters. The summed E-state index contributed by atoms with van der Waals surface area (Å²) in [6.07, 6.45) is 0. The molecule has 2 rings (SSSR count). The van der Waals surface area contributed by atoms with E-state index in [9.17, 15) is 4.79 Å². The number of ether oxygens (including phenoxy) is 2. The van der Waals surface area contributed by atoms with Gasteiger partial charge in [0.05, 0.1) is 20.0 Å². The molecule has 0 heterocycles. The van der Waals surface area contributed by atoms with Crippen molar-refractivity contribution in [2.75, 3.05) is 26.5 Å². The number of hydrogen-bond acceptors (Lipinski definition) is 4. The molecule has 0 radical (unpaired) electrons. The fraction of sp³-hybridized carbons (Fsp3) is 0.350. The molecule has 0 aliphatic heterocycles. The van der Waals surface area contributed by atoms with E-state index in [1.807, 2.05) is 42.2 Å². The quantitative estimate of drug-likeness (QED) is 0.664. The Morgan fingerprint density at radius 1 is 1.08 bits per heavy atom. The van der Waals surface area contributed by atoms with Crippen LogP contribution in [0, 0.1) is 6.92 Å². The van der Waals surface area contributed by atoms with Crippen molar-refractivity contribution in [3.8, 4) is 11.5 Å². The molecule has 0 spiro atoms. The Kier molecular flexibility index (Phi) is 7.19. The number of thioether (sulfide) groups is 1. The van der Waals surface area contributed by atoms with Crippen LogP contribution < -0.4 is 9.47 Å². The Hall–Kier alpha value is -2.14. The maximum Gasteiger partial charge on any atom is 0.233 e. The van der Waals surface area contributed by atoms with E-state index in [0.29, 0.717) is 30.3 Å². The molecule has 5 heteroatoms. The van der Waals surface area contributed by atoms with Gasteiger partial charge in [0, 0.05) is 18.0 Å². The van der Waals surface area contributed by atoms with Crippen molar-refractivity contribution in [3.05, 3.63) is 53.6 Å². The fourth-order valence-electron chi connectivity index (χ4n) is 2.52. The molecule has 2 aromatic rings. The third-order valence-corrected chi connectivity index (χ3v) is 4.89. The van der Waals surface area contributed by atoms with Gasteiger partial charge in [-0.05, 0) is 43.7 Å². The molecule has 0 bridgehead atoms. The molecule has 0 fully saturated rings. The van der Waals surface area contributed by atoms with E-state index in [1.165, 1.54) is 5.56 Å². The first-order chi connectivity index (χ1) is 12.1. The predicted octanol–water partition coefficient (Wildman–Crippen LogP) is 4.15. The minimum Gasteiger partial charge on any atom is -0.493 e. The number of nitrogens with zero attached hydrogens (tertiary/aromatic N) is 1. The SMILES string of the molecule is CCN(Cc1ccc(OC)c(OC)c1)C(=O)CSc1cccc(C)c1. The van der Waals surface area contributed by atoms with Crippen LogP contribution in [0.1, 0.15) is 18.1 Å². The number of carbonyl (C=O) groups excluding carboxylic acids is 1. The molecule has 4 nitrogen and oxygen atoms in total. The highest BCUT2D eigenvalue weighted by Crippen LogP contribution is 2.28. The summed E-state index contributed by atoms with van der Waals surface area (Å²) >= 11 is 1.57. The predicted molar refractivity (Wildman–Crippen MR) is 103 cm³/mol. The van der Waals surface area contributed by atoms with Crippen LogP contribution in [0.25, 0.3) is 0 Å². The van der Waals surface area contributed by atoms with Gasteiger partial charge in [0.25, 0.3) is 0 Å². The summed E-state index contributed by atoms with van der Waals surface area (Å²) in [4.78, 5) is 15.5. The Morgan fingerprint density at radius 2 is 1.84 bits per heavy atom. The molecule has 0 aliphatic rings. The molecule has 0 atom stereocenters. The van der Waals surface area contributed by atoms with Gasteiger partial charge in [-0.3, -0.25) is 4.79 Å². The Morgan fingerprint density at radius 3 is 2.48 bits per heavy atom. The molecular weight excluding hydrogens is 334 g/mol. The van der Waals surface area contributed by atoms with Crippen LogP contribution in [0.5, 0.6) is 11.5 Å². The summed E-state index contributed by atoms with van der Waals surface area (Å²) < 4.78 is 10.6. The number of amides is 1. The van der Waals surface area contributed by atoms with Crippen LogP contribution in [0.3, 0.4) is 0 Å². The van der Waals surface area contributed by atoms with Crippen LogP contribution in [0.4, 0.5) is 0 Å². The van der Waals surface area contributed by atoms with E-state index < -0.39 is 0 Å². The number of rotatable bonds is 8. The number of hydrogen-bond donors (Lipinski definition) is 0. The van der Waals surface area contributed by atoms with Crippen LogP contribution in [-0.4, -0.2) is 37.3 Å². The topological polar surface area (TPSA) is 38.8 Å². The molecule has 0 N–H and O–H groups in total. The molecule has 1 amide bonds. The summed E-state index contributed by atoms with van der Waals surface area (Å²) in [5, 5.41) is 0. The lowest BCUT2D eigenvalue weighted by Gasteiger charge is -2.21. The lowest BCUT2D eigenvalue weighted by molar-refractivity contribution is -0.128. The monoisotopic (exact) mass is 359 g/mol. The Bertz CT molecular complexity index is 718. The van der Waals surface area contributed by atoms with E-state index in [2.05, 4.69) is 19.1 Å². The van der Waals surface area contributed by atoms with Gasteiger partial charge in [0.15, 0.2) is 11.5 Å². The van der Waals surface area contributed by atoms with Crippen LogP contribution in [0.2, 0.25) is 0 Å². The Labute approximate surface area is 154 Å². The molecule has 0 aliphatic carbocycles. The minimum atomic E-state index is 0.129. The zero-order valence-electron chi connectivity index (χ0n) is 15.2. The average Bonchev–Trinajstić information content (AvgIpc) is 2.64. The molecule has 25 heavy (non-hydrogen) atoms. The number of carbonyl (C=O) groups is 1. The summed E-state index contributed by atoms with van der Waals surface area (Å²) in [7, 11) is 3.23. The van der Waals surface area contributed by atoms with Crippen LogP contribution >= 0.6 is 11.8 Å². The third kappa shape index (κ3) is 5.43. The maximum atomic E-state index is 12.6. The standard InChI is InChI=1S/C20H25NO3S/c1-5-21(13-16-9-10-18(23-3)19(12-16)24-4)20(22)14-25-17-8-6-7-15(2)11-17/h6-12H,5,13-14H2,1-4H3. The summed E-state index contributed by atoms with van der Waals surface area (Å²) in [5.74, 6) is 1.93. The van der Waals surface area contributed by atoms with Crippen molar-refractivity contribution in [1.82, 2.24) is 4.90 Å². The summed E-state index contributed by atoms with van der Waals surface area (Å²) in [6.45, 7) is 5.28. The van der Waals surface area contributed by atoms with Crippen molar-refractivity contribution in [2.45, 2.75) is 25.3 Å². The summed E-state index contributed by atoms with van der Waals surface area (Å²) in [5.41, 5.74) is 2.23. The second kappa shape index (κ2) is 9.37. The first-order valence-corrected chi connectivity index (χ1v) is 9.24. The first kappa shape index (κ1) is 19.2. The van der Waals surface area contributed by atoms with E-state index in [1.54, 1.807) is 26.0 Å². The molecule has 0 saturated heterocycles. The highest BCUT2D eigenvalue weighted by Gasteiger charge is 2.14. The van der Waals surface area contributed by atoms with Crippen molar-refractivity contribution < 1.29 is 14.3 Å². The first-order valence-electron chi connectivity index (χ1n) is 8.25. The van der Waals surface area contributed by atoms with Gasteiger partial charge in [-0.15, -0.1) is 11.8 Å². The maximum absolute atomic E-state index is 12.6. The molecular formula is C20H25NO3S. The normalized spacial score (nSPS) is 10.4. The third-order valence-electron chi connectivity index (χ3n) is 3.91. The van der Waals surface area contributed by atoms with E-state index in [0.717, 1.165) is 10.5 Å². The Balaban J connectivity index is 2.00. The van der Waals surface area contributed by atoms with E-state index in [-0.39, 0.29) is 5.91 Å².